The van der Waals surface area contributed by atoms with Gasteiger partial charge in [-0.25, -0.2) is 13.0 Å². The Balaban J connectivity index is 0.000000198. The maximum Gasteiger partial charge on any atom is 0.414 e. The van der Waals surface area contributed by atoms with Crippen LogP contribution in [0.15, 0.2) is 89.8 Å². The molecule has 0 bridgehead atoms. The molecule has 7 nitrogen and oxygen atoms in total. The molecule has 0 aromatic heterocycles. The number of nitrogens with one attached hydrogen (secondary N) is 1. The Morgan fingerprint density at radius 3 is 1.67 bits per heavy atom. The smallest absolute Gasteiger partial charge is 0.399 e. The molecule has 0 spiro atoms. The lowest BCUT2D eigenvalue weighted by atomic mass is 10.1. The third kappa shape index (κ3) is 6.97. The van der Waals surface area contributed by atoms with Crippen molar-refractivity contribution in [2.24, 2.45) is 0 Å². The molecule has 3 rings (SSSR count). The molecule has 0 aliphatic carbocycles. The molecular weight excluding hydrogens is 387 g/mol. The highest BCUT2D eigenvalue weighted by Crippen LogP contribution is 2.31. The molecule has 0 saturated heterocycles. The van der Waals surface area contributed by atoms with Crippen molar-refractivity contribution in [3.05, 3.63) is 84.9 Å². The summed E-state index contributed by atoms with van der Waals surface area (Å²) in [6.07, 6.45) is 0. The Bertz CT molecular complexity index is 984. The predicted octanol–water partition coefficient (Wildman–Crippen LogP) is 2.99. The zero-order chi connectivity index (χ0) is 19.9. The first kappa shape index (κ1) is 20.8. The summed E-state index contributed by atoms with van der Waals surface area (Å²) in [5, 5.41) is 0. The largest absolute Gasteiger partial charge is 0.414 e. The van der Waals surface area contributed by atoms with E-state index in [1.165, 1.54) is 33.8 Å². The molecular formula is C18H19N2O5PS. The van der Waals surface area contributed by atoms with Gasteiger partial charge in [0.25, 0.3) is 0 Å². The number of benzene rings is 3. The van der Waals surface area contributed by atoms with Gasteiger partial charge in [-0.05, 0) is 29.3 Å². The summed E-state index contributed by atoms with van der Waals surface area (Å²) < 4.78 is 34.4. The van der Waals surface area contributed by atoms with Crippen LogP contribution in [-0.2, 0) is 14.6 Å². The lowest BCUT2D eigenvalue weighted by Gasteiger charge is -2.07. The topological polar surface area (TPSA) is 130 Å². The van der Waals surface area contributed by atoms with E-state index < -0.39 is 17.8 Å². The predicted molar refractivity (Wildman–Crippen MR) is 105 cm³/mol. The fourth-order valence-electron chi connectivity index (χ4n) is 2.15. The van der Waals surface area contributed by atoms with Gasteiger partial charge in [0.15, 0.2) is 0 Å². The van der Waals surface area contributed by atoms with Crippen molar-refractivity contribution >= 4 is 23.5 Å². The van der Waals surface area contributed by atoms with Crippen molar-refractivity contribution in [1.29, 1.82) is 0 Å². The second-order valence-corrected chi connectivity index (χ2v) is 8.74. The van der Waals surface area contributed by atoms with Crippen LogP contribution in [0.3, 0.4) is 0 Å². The van der Waals surface area contributed by atoms with Gasteiger partial charge in [0, 0.05) is 5.69 Å². The van der Waals surface area contributed by atoms with Crippen LogP contribution in [0.2, 0.25) is 0 Å². The number of hydrogen-bond donors (Lipinski definition) is 4. The molecule has 5 N–H and O–H groups in total. The molecule has 0 unspecified atom stereocenters. The molecule has 0 amide bonds. The van der Waals surface area contributed by atoms with Crippen LogP contribution in [0.4, 0.5) is 5.69 Å². The van der Waals surface area contributed by atoms with Crippen LogP contribution >= 0.6 is 7.75 Å². The van der Waals surface area contributed by atoms with Gasteiger partial charge >= 0.3 is 7.75 Å². The van der Waals surface area contributed by atoms with E-state index in [0.29, 0.717) is 0 Å². The minimum atomic E-state index is -4.85. The molecule has 3 aromatic carbocycles. The highest BCUT2D eigenvalue weighted by molar-refractivity contribution is 7.94. The van der Waals surface area contributed by atoms with E-state index in [1.54, 1.807) is 0 Å². The lowest BCUT2D eigenvalue weighted by molar-refractivity contribution is 0.368. The summed E-state index contributed by atoms with van der Waals surface area (Å²) in [7, 11) is -9.08. The van der Waals surface area contributed by atoms with Crippen molar-refractivity contribution in [3.8, 4) is 11.1 Å². The second-order valence-electron chi connectivity index (χ2n) is 5.44. The van der Waals surface area contributed by atoms with E-state index in [4.69, 9.17) is 15.5 Å². The van der Waals surface area contributed by atoms with Crippen molar-refractivity contribution < 1.29 is 22.8 Å². The van der Waals surface area contributed by atoms with E-state index >= 15 is 0 Å². The van der Waals surface area contributed by atoms with Crippen molar-refractivity contribution in [2.75, 3.05) is 5.73 Å². The summed E-state index contributed by atoms with van der Waals surface area (Å²) in [4.78, 5) is 16.6. The minimum Gasteiger partial charge on any atom is -0.399 e. The number of nitrogen functional groups attached to an aromatic ring is 1. The van der Waals surface area contributed by atoms with E-state index in [-0.39, 0.29) is 10.6 Å². The standard InChI is InChI=1S/C12H10.C6H9N2O5PS/c1-3-7-11(8-4-1)12-9-5-2-6-10-12;7-5-2-1-3-6(4-5)15(12,13)8-14(9,10)11/h1-10H;1-4H,7H2,(H3,8,9,10,11). The second kappa shape index (κ2) is 8.94. The summed E-state index contributed by atoms with van der Waals surface area (Å²) in [6.45, 7) is 0. The summed E-state index contributed by atoms with van der Waals surface area (Å²) >= 11 is 0. The van der Waals surface area contributed by atoms with Gasteiger partial charge < -0.3 is 15.5 Å². The first-order valence-electron chi connectivity index (χ1n) is 7.73. The Kier molecular flexibility index (Phi) is 6.90. The van der Waals surface area contributed by atoms with Crippen molar-refractivity contribution in [1.82, 2.24) is 4.49 Å². The van der Waals surface area contributed by atoms with Crippen LogP contribution in [0.1, 0.15) is 0 Å². The van der Waals surface area contributed by atoms with Crippen LogP contribution in [-0.4, -0.2) is 18.2 Å². The number of hydrogen-bond acceptors (Lipinski definition) is 4. The molecule has 0 radical (unpaired) electrons. The average Bonchev–Trinajstić information content (AvgIpc) is 2.62. The van der Waals surface area contributed by atoms with Gasteiger partial charge in [-0.3, -0.25) is 0 Å². The monoisotopic (exact) mass is 406 g/mol. The molecule has 142 valence electrons. The van der Waals surface area contributed by atoms with Gasteiger partial charge in [0.05, 0.1) is 4.90 Å². The third-order valence-corrected chi connectivity index (χ3v) is 6.08. The molecule has 0 aliphatic heterocycles. The van der Waals surface area contributed by atoms with E-state index in [2.05, 4.69) is 48.5 Å². The molecule has 9 heteroatoms. The van der Waals surface area contributed by atoms with Crippen LogP contribution in [0.5, 0.6) is 0 Å². The van der Waals surface area contributed by atoms with Crippen LogP contribution < -0.4 is 10.2 Å². The maximum absolute atomic E-state index is 11.3. The highest BCUT2D eigenvalue weighted by atomic mass is 32.2. The molecule has 3 aromatic rings. The van der Waals surface area contributed by atoms with Gasteiger partial charge in [-0.2, -0.15) is 0 Å². The van der Waals surface area contributed by atoms with E-state index in [1.807, 2.05) is 12.1 Å². The quantitative estimate of drug-likeness (QED) is 0.389. The van der Waals surface area contributed by atoms with Gasteiger partial charge in [0.1, 0.15) is 0 Å². The number of rotatable bonds is 4. The Labute approximate surface area is 157 Å². The maximum atomic E-state index is 11.3. The van der Waals surface area contributed by atoms with Crippen LogP contribution in [0, 0.1) is 0 Å². The first-order chi connectivity index (χ1) is 12.7. The van der Waals surface area contributed by atoms with E-state index in [9.17, 15) is 13.0 Å². The fraction of sp³-hybridized carbons (Fsp3) is 0. The summed E-state index contributed by atoms with van der Waals surface area (Å²) in [5.41, 5.74) is 8.07. The SMILES string of the molecule is Nc1cccc(S(=O)(=O)NP(=O)(O)O)c1.c1ccc(-c2ccccc2)cc1. The van der Waals surface area contributed by atoms with Crippen LogP contribution in [0.25, 0.3) is 11.1 Å². The molecule has 0 saturated carbocycles. The lowest BCUT2D eigenvalue weighted by Crippen LogP contribution is -2.20. The summed E-state index contributed by atoms with van der Waals surface area (Å²) in [6, 6.07) is 25.9. The van der Waals surface area contributed by atoms with Gasteiger partial charge in [-0.1, -0.05) is 66.7 Å². The minimum absolute atomic E-state index is 0.184. The third-order valence-electron chi connectivity index (χ3n) is 3.29. The zero-order valence-corrected chi connectivity index (χ0v) is 15.8. The average molecular weight is 406 g/mol. The van der Waals surface area contributed by atoms with Gasteiger partial charge in [-0.15, -0.1) is 4.49 Å². The molecule has 27 heavy (non-hydrogen) atoms. The molecule has 0 fully saturated rings. The number of nitrogens with two attached hydrogens (primary N) is 1. The molecule has 0 aliphatic rings. The van der Waals surface area contributed by atoms with E-state index in [0.717, 1.165) is 6.07 Å². The first-order valence-corrected chi connectivity index (χ1v) is 10.8. The number of anilines is 1. The fourth-order valence-corrected chi connectivity index (χ4v) is 4.38. The molecule has 0 atom stereocenters. The zero-order valence-electron chi connectivity index (χ0n) is 14.1. The normalized spacial score (nSPS) is 11.3. The van der Waals surface area contributed by atoms with Crippen molar-refractivity contribution in [3.63, 3.8) is 0 Å². The van der Waals surface area contributed by atoms with Gasteiger partial charge in [0.2, 0.25) is 10.0 Å². The number of sulfonamides is 1. The van der Waals surface area contributed by atoms with Crippen molar-refractivity contribution in [2.45, 2.75) is 4.90 Å². The Morgan fingerprint density at radius 1 is 0.778 bits per heavy atom. The summed E-state index contributed by atoms with van der Waals surface area (Å²) in [5.74, 6) is 0. The highest BCUT2D eigenvalue weighted by Gasteiger charge is 2.24. The molecule has 0 heterocycles. The Morgan fingerprint density at radius 2 is 1.26 bits per heavy atom. The Hall–Kier alpha value is -2.48.